The molecule has 4 heteroatoms. The van der Waals surface area contributed by atoms with E-state index in [0.717, 1.165) is 5.56 Å². The van der Waals surface area contributed by atoms with Crippen LogP contribution in [0.25, 0.3) is 0 Å². The molecule has 16 heavy (non-hydrogen) atoms. The summed E-state index contributed by atoms with van der Waals surface area (Å²) < 4.78 is 13.0. The molecule has 0 saturated heterocycles. The first-order valence-electron chi connectivity index (χ1n) is 5.13. The summed E-state index contributed by atoms with van der Waals surface area (Å²) in [4.78, 5) is 1.90. The second-order valence-corrected chi connectivity index (χ2v) is 5.13. The number of hydrogen-bond acceptors (Lipinski definition) is 2. The molecular weight excluding hydrogens is 229 g/mol. The average Bonchev–Trinajstić information content (AvgIpc) is 2.08. The number of hydrogen-bond donors (Lipinski definition) is 1. The highest BCUT2D eigenvalue weighted by atomic mass is 35.5. The maximum atomic E-state index is 13.0. The third-order valence-electron chi connectivity index (χ3n) is 2.10. The summed E-state index contributed by atoms with van der Waals surface area (Å²) in [6, 6.07) is 4.30. The number of halogens is 2. The number of aliphatic hydroxyl groups is 1. The molecular formula is C12H17ClFNO. The van der Waals surface area contributed by atoms with Gasteiger partial charge in [0.15, 0.2) is 0 Å². The normalized spacial score (nSPS) is 12.2. The van der Waals surface area contributed by atoms with Gasteiger partial charge in [0.05, 0.1) is 5.60 Å². The van der Waals surface area contributed by atoms with Gasteiger partial charge in [-0.1, -0.05) is 11.6 Å². The number of rotatable bonds is 4. The van der Waals surface area contributed by atoms with E-state index in [9.17, 15) is 9.50 Å². The Bertz CT molecular complexity index is 363. The zero-order chi connectivity index (χ0) is 12.3. The minimum absolute atomic E-state index is 0.295. The Morgan fingerprint density at radius 2 is 2.06 bits per heavy atom. The standard InChI is InChI=1S/C12H17ClFNO/c1-12(2,16)8-15(3)7-9-6-10(14)4-5-11(9)13/h4-6,16H,7-8H2,1-3H3. The Hall–Kier alpha value is -0.640. The van der Waals surface area contributed by atoms with Gasteiger partial charge in [0.1, 0.15) is 5.82 Å². The van der Waals surface area contributed by atoms with E-state index >= 15 is 0 Å². The van der Waals surface area contributed by atoms with Gasteiger partial charge in [0.2, 0.25) is 0 Å². The van der Waals surface area contributed by atoms with Crippen LogP contribution in [0, 0.1) is 5.82 Å². The van der Waals surface area contributed by atoms with Crippen LogP contribution in [-0.4, -0.2) is 29.2 Å². The molecule has 1 aromatic carbocycles. The summed E-state index contributed by atoms with van der Waals surface area (Å²) in [5.41, 5.74) is -0.0393. The Kier molecular flexibility index (Phi) is 4.30. The van der Waals surface area contributed by atoms with Crippen LogP contribution in [0.5, 0.6) is 0 Å². The Morgan fingerprint density at radius 3 is 2.62 bits per heavy atom. The van der Waals surface area contributed by atoms with Gasteiger partial charge in [0, 0.05) is 18.1 Å². The smallest absolute Gasteiger partial charge is 0.123 e. The van der Waals surface area contributed by atoms with Gasteiger partial charge < -0.3 is 5.11 Å². The number of likely N-dealkylation sites (N-methyl/N-ethyl adjacent to an activating group) is 1. The summed E-state index contributed by atoms with van der Waals surface area (Å²) in [7, 11) is 1.86. The molecule has 0 unspecified atom stereocenters. The summed E-state index contributed by atoms with van der Waals surface area (Å²) in [6.45, 7) is 4.48. The van der Waals surface area contributed by atoms with E-state index in [1.54, 1.807) is 19.9 Å². The first kappa shape index (κ1) is 13.4. The van der Waals surface area contributed by atoms with Crippen molar-refractivity contribution in [1.29, 1.82) is 0 Å². The Balaban J connectivity index is 2.69. The Morgan fingerprint density at radius 1 is 1.44 bits per heavy atom. The lowest BCUT2D eigenvalue weighted by molar-refractivity contribution is 0.0425. The predicted octanol–water partition coefficient (Wildman–Crippen LogP) is 2.68. The molecule has 1 aromatic rings. The average molecular weight is 246 g/mol. The maximum absolute atomic E-state index is 13.0. The number of nitrogens with zero attached hydrogens (tertiary/aromatic N) is 1. The van der Waals surface area contributed by atoms with Gasteiger partial charge in [-0.05, 0) is 44.7 Å². The van der Waals surface area contributed by atoms with Crippen molar-refractivity contribution >= 4 is 11.6 Å². The summed E-state index contributed by atoms with van der Waals surface area (Å²) in [6.07, 6.45) is 0. The highest BCUT2D eigenvalue weighted by Gasteiger charge is 2.16. The molecule has 0 aliphatic carbocycles. The topological polar surface area (TPSA) is 23.5 Å². The van der Waals surface area contributed by atoms with Crippen molar-refractivity contribution in [2.75, 3.05) is 13.6 Å². The van der Waals surface area contributed by atoms with Crippen LogP contribution in [-0.2, 0) is 6.54 Å². The molecule has 0 radical (unpaired) electrons. The lowest BCUT2D eigenvalue weighted by Gasteiger charge is -2.25. The molecule has 0 aliphatic heterocycles. The molecule has 0 amide bonds. The fraction of sp³-hybridized carbons (Fsp3) is 0.500. The fourth-order valence-electron chi connectivity index (χ4n) is 1.67. The molecule has 0 fully saturated rings. The van der Waals surface area contributed by atoms with Crippen LogP contribution in [0.2, 0.25) is 5.02 Å². The highest BCUT2D eigenvalue weighted by Crippen LogP contribution is 2.19. The molecule has 1 N–H and O–H groups in total. The third-order valence-corrected chi connectivity index (χ3v) is 2.47. The van der Waals surface area contributed by atoms with Gasteiger partial charge >= 0.3 is 0 Å². The molecule has 90 valence electrons. The first-order chi connectivity index (χ1) is 7.28. The molecule has 2 nitrogen and oxygen atoms in total. The van der Waals surface area contributed by atoms with Crippen LogP contribution in [0.15, 0.2) is 18.2 Å². The third kappa shape index (κ3) is 4.47. The lowest BCUT2D eigenvalue weighted by Crippen LogP contribution is -2.35. The zero-order valence-corrected chi connectivity index (χ0v) is 10.6. The number of benzene rings is 1. The van der Waals surface area contributed by atoms with Crippen molar-refractivity contribution < 1.29 is 9.50 Å². The fourth-order valence-corrected chi connectivity index (χ4v) is 1.85. The monoisotopic (exact) mass is 245 g/mol. The summed E-state index contributed by atoms with van der Waals surface area (Å²) >= 11 is 5.96. The van der Waals surface area contributed by atoms with Crippen LogP contribution >= 0.6 is 11.6 Å². The zero-order valence-electron chi connectivity index (χ0n) is 9.80. The van der Waals surface area contributed by atoms with Crippen LogP contribution < -0.4 is 0 Å². The highest BCUT2D eigenvalue weighted by molar-refractivity contribution is 6.31. The predicted molar refractivity (Wildman–Crippen MR) is 64.0 cm³/mol. The van der Waals surface area contributed by atoms with E-state index in [1.807, 2.05) is 11.9 Å². The van der Waals surface area contributed by atoms with Crippen molar-refractivity contribution in [3.8, 4) is 0 Å². The van der Waals surface area contributed by atoms with Crippen molar-refractivity contribution in [2.24, 2.45) is 0 Å². The van der Waals surface area contributed by atoms with E-state index in [-0.39, 0.29) is 5.82 Å². The minimum atomic E-state index is -0.769. The molecule has 0 aromatic heterocycles. The largest absolute Gasteiger partial charge is 0.389 e. The Labute approximate surface area is 101 Å². The summed E-state index contributed by atoms with van der Waals surface area (Å²) in [5.74, 6) is -0.295. The van der Waals surface area contributed by atoms with Crippen LogP contribution in [0.3, 0.4) is 0 Å². The van der Waals surface area contributed by atoms with Crippen LogP contribution in [0.1, 0.15) is 19.4 Å². The second-order valence-electron chi connectivity index (χ2n) is 4.72. The molecule has 0 atom stereocenters. The quantitative estimate of drug-likeness (QED) is 0.882. The molecule has 0 bridgehead atoms. The molecule has 0 aliphatic rings. The van der Waals surface area contributed by atoms with E-state index < -0.39 is 5.60 Å². The molecule has 0 heterocycles. The first-order valence-corrected chi connectivity index (χ1v) is 5.50. The van der Waals surface area contributed by atoms with E-state index in [2.05, 4.69) is 0 Å². The SMILES string of the molecule is CN(Cc1cc(F)ccc1Cl)CC(C)(C)O. The minimum Gasteiger partial charge on any atom is -0.389 e. The van der Waals surface area contributed by atoms with Gasteiger partial charge in [-0.2, -0.15) is 0 Å². The van der Waals surface area contributed by atoms with Gasteiger partial charge in [-0.25, -0.2) is 4.39 Å². The van der Waals surface area contributed by atoms with E-state index in [1.165, 1.54) is 12.1 Å². The molecule has 0 saturated carbocycles. The molecule has 0 spiro atoms. The second kappa shape index (κ2) is 5.13. The van der Waals surface area contributed by atoms with Crippen molar-refractivity contribution in [3.05, 3.63) is 34.6 Å². The van der Waals surface area contributed by atoms with Crippen molar-refractivity contribution in [2.45, 2.75) is 26.0 Å². The van der Waals surface area contributed by atoms with Gasteiger partial charge in [0.25, 0.3) is 0 Å². The van der Waals surface area contributed by atoms with E-state index in [4.69, 9.17) is 11.6 Å². The summed E-state index contributed by atoms with van der Waals surface area (Å²) in [5, 5.41) is 10.2. The maximum Gasteiger partial charge on any atom is 0.123 e. The van der Waals surface area contributed by atoms with Crippen molar-refractivity contribution in [1.82, 2.24) is 4.90 Å². The van der Waals surface area contributed by atoms with E-state index in [0.29, 0.717) is 18.1 Å². The van der Waals surface area contributed by atoms with Gasteiger partial charge in [-0.15, -0.1) is 0 Å². The van der Waals surface area contributed by atoms with Crippen molar-refractivity contribution in [3.63, 3.8) is 0 Å². The van der Waals surface area contributed by atoms with Gasteiger partial charge in [-0.3, -0.25) is 4.90 Å². The molecule has 1 rings (SSSR count). The van der Waals surface area contributed by atoms with Crippen LogP contribution in [0.4, 0.5) is 4.39 Å². The lowest BCUT2D eigenvalue weighted by atomic mass is 10.1.